The molecule has 0 bridgehead atoms. The molecule has 2 rings (SSSR count). The molecule has 132 valence electrons. The second-order valence-electron chi connectivity index (χ2n) is 5.91. The van der Waals surface area contributed by atoms with Crippen molar-refractivity contribution >= 4 is 46.8 Å². The lowest BCUT2D eigenvalue weighted by atomic mass is 10.2. The number of amides is 1. The fourth-order valence-corrected chi connectivity index (χ4v) is 3.31. The zero-order valence-electron chi connectivity index (χ0n) is 13.6. The molecule has 1 amide bonds. The highest BCUT2D eigenvalue weighted by molar-refractivity contribution is 6.68. The van der Waals surface area contributed by atoms with E-state index in [1.807, 2.05) is 49.1 Å². The van der Waals surface area contributed by atoms with Crippen LogP contribution in [-0.2, 0) is 9.53 Å². The van der Waals surface area contributed by atoms with Gasteiger partial charge in [-0.3, -0.25) is 9.69 Å². The van der Waals surface area contributed by atoms with Gasteiger partial charge in [0.15, 0.2) is 0 Å². The van der Waals surface area contributed by atoms with Crippen LogP contribution in [0.2, 0.25) is 0 Å². The van der Waals surface area contributed by atoms with E-state index in [1.165, 1.54) is 6.08 Å². The number of nitrogens with zero attached hydrogens (tertiary/aromatic N) is 1. The molecule has 7 heteroatoms. The molecule has 0 aliphatic carbocycles. The lowest BCUT2D eigenvalue weighted by Crippen LogP contribution is -2.60. The minimum Gasteiger partial charge on any atom is -0.373 e. The van der Waals surface area contributed by atoms with E-state index in [-0.39, 0.29) is 18.1 Å². The summed E-state index contributed by atoms with van der Waals surface area (Å²) in [4.78, 5) is 14.2. The second kappa shape index (κ2) is 8.54. The Morgan fingerprint density at radius 1 is 1.25 bits per heavy atom. The van der Waals surface area contributed by atoms with Crippen molar-refractivity contribution in [1.82, 2.24) is 10.2 Å². The van der Waals surface area contributed by atoms with E-state index >= 15 is 0 Å². The Morgan fingerprint density at radius 2 is 1.83 bits per heavy atom. The van der Waals surface area contributed by atoms with E-state index in [2.05, 4.69) is 5.32 Å². The van der Waals surface area contributed by atoms with Gasteiger partial charge in [-0.15, -0.1) is 0 Å². The quantitative estimate of drug-likeness (QED) is 0.629. The fraction of sp³-hybridized carbons (Fsp3) is 0.471. The summed E-state index contributed by atoms with van der Waals surface area (Å²) < 4.78 is 4.05. The summed E-state index contributed by atoms with van der Waals surface area (Å²) in [6.07, 6.45) is 2.42. The van der Waals surface area contributed by atoms with Gasteiger partial charge in [0, 0.05) is 19.2 Å². The zero-order chi connectivity index (χ0) is 17.7. The molecule has 1 aromatic rings. The Bertz CT molecular complexity index is 565. The average molecular weight is 392 g/mol. The minimum absolute atomic E-state index is 0.000336. The number of morpholine rings is 1. The molecule has 3 atom stereocenters. The monoisotopic (exact) mass is 390 g/mol. The first-order valence-corrected chi connectivity index (χ1v) is 8.89. The SMILES string of the molecule is C[C@@H]1CN([C@H](NC(=O)/C=C/c2ccccc2)C(Cl)(Cl)Cl)C[C@@H](C)O1. The summed E-state index contributed by atoms with van der Waals surface area (Å²) in [7, 11) is 0. The standard InChI is InChI=1S/C17H21Cl3N2O2/c1-12-10-22(11-13(2)24-12)16(17(18,19)20)21-15(23)9-8-14-6-4-3-5-7-14/h3-9,12-13,16H,10-11H2,1-2H3,(H,21,23)/b9-8+/t12-,13-,16+/m1/s1. The Balaban J connectivity index is 2.06. The van der Waals surface area contributed by atoms with Crippen molar-refractivity contribution in [3.63, 3.8) is 0 Å². The van der Waals surface area contributed by atoms with E-state index in [0.717, 1.165) is 5.56 Å². The minimum atomic E-state index is -1.65. The third-order valence-electron chi connectivity index (χ3n) is 3.63. The first-order chi connectivity index (χ1) is 11.3. The van der Waals surface area contributed by atoms with Crippen molar-refractivity contribution in [2.45, 2.75) is 36.0 Å². The number of rotatable bonds is 4. The summed E-state index contributed by atoms with van der Waals surface area (Å²) >= 11 is 18.3. The van der Waals surface area contributed by atoms with E-state index in [0.29, 0.717) is 13.1 Å². The van der Waals surface area contributed by atoms with Crippen LogP contribution in [0, 0.1) is 0 Å². The van der Waals surface area contributed by atoms with Crippen molar-refractivity contribution in [1.29, 1.82) is 0 Å². The second-order valence-corrected chi connectivity index (χ2v) is 8.28. The lowest BCUT2D eigenvalue weighted by molar-refractivity contribution is -0.121. The Labute approximate surface area is 157 Å². The molecule has 1 aromatic carbocycles. The molecule has 1 N–H and O–H groups in total. The summed E-state index contributed by atoms with van der Waals surface area (Å²) in [6.45, 7) is 5.06. The third-order valence-corrected chi connectivity index (χ3v) is 4.25. The highest BCUT2D eigenvalue weighted by Gasteiger charge is 2.40. The summed E-state index contributed by atoms with van der Waals surface area (Å²) in [5.74, 6) is -0.318. The highest BCUT2D eigenvalue weighted by Crippen LogP contribution is 2.33. The first kappa shape index (κ1) is 19.5. The maximum atomic E-state index is 12.2. The molecule has 1 aliphatic rings. The zero-order valence-corrected chi connectivity index (χ0v) is 15.9. The van der Waals surface area contributed by atoms with E-state index in [9.17, 15) is 4.79 Å². The lowest BCUT2D eigenvalue weighted by Gasteiger charge is -2.42. The predicted octanol–water partition coefficient (Wildman–Crippen LogP) is 3.62. The van der Waals surface area contributed by atoms with E-state index in [4.69, 9.17) is 39.5 Å². The molecule has 1 fully saturated rings. The average Bonchev–Trinajstić information content (AvgIpc) is 2.49. The van der Waals surface area contributed by atoms with Crippen molar-refractivity contribution in [3.05, 3.63) is 42.0 Å². The normalized spacial score (nSPS) is 24.0. The van der Waals surface area contributed by atoms with E-state index in [1.54, 1.807) is 6.08 Å². The summed E-state index contributed by atoms with van der Waals surface area (Å²) in [6, 6.07) is 9.52. The number of alkyl halides is 3. The van der Waals surface area contributed by atoms with Gasteiger partial charge in [0.25, 0.3) is 0 Å². The molecular weight excluding hydrogens is 371 g/mol. The van der Waals surface area contributed by atoms with Gasteiger partial charge >= 0.3 is 0 Å². The van der Waals surface area contributed by atoms with Crippen LogP contribution >= 0.6 is 34.8 Å². The van der Waals surface area contributed by atoms with Gasteiger partial charge in [-0.25, -0.2) is 0 Å². The molecule has 0 spiro atoms. The summed E-state index contributed by atoms with van der Waals surface area (Å²) in [5, 5.41) is 2.79. The number of carbonyl (C=O) groups is 1. The maximum absolute atomic E-state index is 12.2. The highest BCUT2D eigenvalue weighted by atomic mass is 35.6. The maximum Gasteiger partial charge on any atom is 0.245 e. The molecule has 0 aromatic heterocycles. The van der Waals surface area contributed by atoms with Crippen LogP contribution in [0.15, 0.2) is 36.4 Å². The number of hydrogen-bond acceptors (Lipinski definition) is 3. The number of carbonyl (C=O) groups excluding carboxylic acids is 1. The fourth-order valence-electron chi connectivity index (χ4n) is 2.73. The molecule has 0 saturated carbocycles. The molecule has 1 heterocycles. The number of benzene rings is 1. The van der Waals surface area contributed by atoms with Crippen molar-refractivity contribution in [3.8, 4) is 0 Å². The summed E-state index contributed by atoms with van der Waals surface area (Å²) in [5.41, 5.74) is 0.923. The Morgan fingerprint density at radius 3 is 2.38 bits per heavy atom. The molecular formula is C17H21Cl3N2O2. The van der Waals surface area contributed by atoms with Crippen LogP contribution in [0.5, 0.6) is 0 Å². The van der Waals surface area contributed by atoms with E-state index < -0.39 is 9.96 Å². The number of ether oxygens (including phenoxy) is 1. The molecule has 1 aliphatic heterocycles. The van der Waals surface area contributed by atoms with Crippen molar-refractivity contribution in [2.24, 2.45) is 0 Å². The van der Waals surface area contributed by atoms with Crippen LogP contribution in [-0.4, -0.2) is 46.1 Å². The van der Waals surface area contributed by atoms with Crippen LogP contribution in [0.1, 0.15) is 19.4 Å². The molecule has 4 nitrogen and oxygen atoms in total. The van der Waals surface area contributed by atoms with Crippen LogP contribution < -0.4 is 5.32 Å². The van der Waals surface area contributed by atoms with Crippen LogP contribution in [0.3, 0.4) is 0 Å². The van der Waals surface area contributed by atoms with Gasteiger partial charge in [-0.05, 0) is 25.5 Å². The predicted molar refractivity (Wildman–Crippen MR) is 99.3 cm³/mol. The third kappa shape index (κ3) is 5.94. The number of hydrogen-bond donors (Lipinski definition) is 1. The van der Waals surface area contributed by atoms with Crippen molar-refractivity contribution < 1.29 is 9.53 Å². The van der Waals surface area contributed by atoms with Crippen molar-refractivity contribution in [2.75, 3.05) is 13.1 Å². The van der Waals surface area contributed by atoms with Gasteiger partial charge in [-0.1, -0.05) is 65.1 Å². The van der Waals surface area contributed by atoms with Gasteiger partial charge in [0.2, 0.25) is 9.70 Å². The molecule has 24 heavy (non-hydrogen) atoms. The molecule has 1 saturated heterocycles. The van der Waals surface area contributed by atoms with Gasteiger partial charge < -0.3 is 10.1 Å². The largest absolute Gasteiger partial charge is 0.373 e. The molecule has 0 unspecified atom stereocenters. The smallest absolute Gasteiger partial charge is 0.245 e. The Kier molecular flexibility index (Phi) is 6.96. The molecule has 0 radical (unpaired) electrons. The van der Waals surface area contributed by atoms with Gasteiger partial charge in [0.05, 0.1) is 12.2 Å². The first-order valence-electron chi connectivity index (χ1n) is 7.75. The topological polar surface area (TPSA) is 41.6 Å². The number of halogens is 3. The Hall–Kier alpha value is -0.780. The number of nitrogens with one attached hydrogen (secondary N) is 1. The van der Waals surface area contributed by atoms with Crippen LogP contribution in [0.25, 0.3) is 6.08 Å². The van der Waals surface area contributed by atoms with Crippen LogP contribution in [0.4, 0.5) is 0 Å². The van der Waals surface area contributed by atoms with Gasteiger partial charge in [-0.2, -0.15) is 0 Å². The van der Waals surface area contributed by atoms with Gasteiger partial charge in [0.1, 0.15) is 6.17 Å².